The van der Waals surface area contributed by atoms with Crippen molar-refractivity contribution in [3.05, 3.63) is 59.6 Å². The molecule has 0 aromatic heterocycles. The standard InChI is InChI=1S/C24H28ClN3O4/c25-17-6-8-19(9-7-17)32-20-10-11-21(22(16-20)23(29)26-31)24(30)28-14-12-27(13-15-28)18-4-2-1-3-5-18/h1-9,20-22,31H,10-16H2,(H,26,29)/t20-,21+,22+/m1/s1. The van der Waals surface area contributed by atoms with Gasteiger partial charge in [-0.15, -0.1) is 0 Å². The number of anilines is 1. The Morgan fingerprint density at radius 3 is 2.28 bits per heavy atom. The summed E-state index contributed by atoms with van der Waals surface area (Å²) in [5, 5.41) is 9.90. The van der Waals surface area contributed by atoms with Gasteiger partial charge in [0.1, 0.15) is 5.75 Å². The van der Waals surface area contributed by atoms with Gasteiger partial charge >= 0.3 is 0 Å². The van der Waals surface area contributed by atoms with E-state index in [4.69, 9.17) is 16.3 Å². The van der Waals surface area contributed by atoms with Gasteiger partial charge < -0.3 is 14.5 Å². The fourth-order valence-corrected chi connectivity index (χ4v) is 4.80. The van der Waals surface area contributed by atoms with Crippen LogP contribution in [0.3, 0.4) is 0 Å². The first-order chi connectivity index (χ1) is 15.5. The van der Waals surface area contributed by atoms with E-state index in [2.05, 4.69) is 17.0 Å². The van der Waals surface area contributed by atoms with Gasteiger partial charge in [-0.1, -0.05) is 29.8 Å². The van der Waals surface area contributed by atoms with Crippen LogP contribution in [0.2, 0.25) is 5.02 Å². The molecule has 2 N–H and O–H groups in total. The predicted molar refractivity (Wildman–Crippen MR) is 122 cm³/mol. The van der Waals surface area contributed by atoms with Gasteiger partial charge in [0, 0.05) is 36.9 Å². The van der Waals surface area contributed by atoms with Crippen LogP contribution in [0.25, 0.3) is 0 Å². The number of hydrogen-bond acceptors (Lipinski definition) is 5. The first kappa shape index (κ1) is 22.4. The Morgan fingerprint density at radius 2 is 1.62 bits per heavy atom. The number of hydroxylamine groups is 1. The van der Waals surface area contributed by atoms with Gasteiger partial charge in [0.2, 0.25) is 11.8 Å². The highest BCUT2D eigenvalue weighted by atomic mass is 35.5. The highest BCUT2D eigenvalue weighted by Crippen LogP contribution is 2.34. The van der Waals surface area contributed by atoms with E-state index in [0.717, 1.165) is 18.8 Å². The SMILES string of the molecule is O=C(NO)[C@H]1C[C@H](Oc2ccc(Cl)cc2)CC[C@@H]1C(=O)N1CCN(c2ccccc2)CC1. The molecule has 4 rings (SSSR count). The molecule has 7 nitrogen and oxygen atoms in total. The lowest BCUT2D eigenvalue weighted by atomic mass is 9.76. The van der Waals surface area contributed by atoms with E-state index in [1.807, 2.05) is 23.1 Å². The van der Waals surface area contributed by atoms with Crippen LogP contribution in [0.15, 0.2) is 54.6 Å². The first-order valence-electron chi connectivity index (χ1n) is 11.0. The fourth-order valence-electron chi connectivity index (χ4n) is 4.67. The summed E-state index contributed by atoms with van der Waals surface area (Å²) in [7, 11) is 0. The van der Waals surface area contributed by atoms with E-state index >= 15 is 0 Å². The molecule has 2 aliphatic rings. The minimum atomic E-state index is -0.634. The number of amides is 2. The average Bonchev–Trinajstić information content (AvgIpc) is 2.85. The number of nitrogens with zero attached hydrogens (tertiary/aromatic N) is 2. The average molecular weight is 458 g/mol. The van der Waals surface area contributed by atoms with Crippen LogP contribution in [0.5, 0.6) is 5.75 Å². The van der Waals surface area contributed by atoms with Gasteiger partial charge in [-0.05, 0) is 55.7 Å². The summed E-state index contributed by atoms with van der Waals surface area (Å²) in [6, 6.07) is 17.2. The number of hydrogen-bond donors (Lipinski definition) is 2. The normalized spacial score (nSPS) is 23.5. The smallest absolute Gasteiger partial charge is 0.247 e. The number of carbonyl (C=O) groups is 2. The van der Waals surface area contributed by atoms with Gasteiger partial charge in [-0.25, -0.2) is 5.48 Å². The zero-order chi connectivity index (χ0) is 22.5. The second-order valence-corrected chi connectivity index (χ2v) is 8.78. The van der Waals surface area contributed by atoms with Gasteiger partial charge in [-0.2, -0.15) is 0 Å². The maximum Gasteiger partial charge on any atom is 0.247 e. The molecule has 170 valence electrons. The Morgan fingerprint density at radius 1 is 0.938 bits per heavy atom. The van der Waals surface area contributed by atoms with Crippen molar-refractivity contribution in [3.63, 3.8) is 0 Å². The van der Waals surface area contributed by atoms with Crippen molar-refractivity contribution >= 4 is 29.1 Å². The molecule has 2 fully saturated rings. The molecule has 1 saturated carbocycles. The topological polar surface area (TPSA) is 82.1 Å². The Kier molecular flexibility index (Phi) is 7.17. The third-order valence-electron chi connectivity index (χ3n) is 6.40. The van der Waals surface area contributed by atoms with Crippen LogP contribution in [-0.2, 0) is 9.59 Å². The molecule has 0 radical (unpaired) electrons. The lowest BCUT2D eigenvalue weighted by molar-refractivity contribution is -0.148. The van der Waals surface area contributed by atoms with Gasteiger partial charge in [0.05, 0.1) is 17.9 Å². The zero-order valence-electron chi connectivity index (χ0n) is 17.8. The van der Waals surface area contributed by atoms with Crippen LogP contribution < -0.4 is 15.1 Å². The Hall–Kier alpha value is -2.77. The quantitative estimate of drug-likeness (QED) is 0.531. The van der Waals surface area contributed by atoms with E-state index in [9.17, 15) is 14.8 Å². The van der Waals surface area contributed by atoms with E-state index in [1.165, 1.54) is 0 Å². The summed E-state index contributed by atoms with van der Waals surface area (Å²) >= 11 is 5.93. The second-order valence-electron chi connectivity index (χ2n) is 8.34. The van der Waals surface area contributed by atoms with Crippen LogP contribution in [0.1, 0.15) is 19.3 Å². The molecule has 0 spiro atoms. The first-order valence-corrected chi connectivity index (χ1v) is 11.4. The number of nitrogens with one attached hydrogen (secondary N) is 1. The Bertz CT molecular complexity index is 917. The number of rotatable bonds is 5. The number of carbonyl (C=O) groups excluding carboxylic acids is 2. The van der Waals surface area contributed by atoms with Crippen LogP contribution in [0, 0.1) is 11.8 Å². The van der Waals surface area contributed by atoms with Crippen LogP contribution in [0.4, 0.5) is 5.69 Å². The zero-order valence-corrected chi connectivity index (χ0v) is 18.6. The molecule has 2 amide bonds. The number of ether oxygens (including phenoxy) is 1. The van der Waals surface area contributed by atoms with Crippen LogP contribution in [-0.4, -0.2) is 54.2 Å². The molecule has 0 bridgehead atoms. The van der Waals surface area contributed by atoms with Gasteiger partial charge in [0.25, 0.3) is 0 Å². The monoisotopic (exact) mass is 457 g/mol. The lowest BCUT2D eigenvalue weighted by Gasteiger charge is -2.40. The molecular formula is C24H28ClN3O4. The summed E-state index contributed by atoms with van der Waals surface area (Å²) in [6.07, 6.45) is 1.36. The summed E-state index contributed by atoms with van der Waals surface area (Å²) in [5.74, 6) is -0.975. The van der Waals surface area contributed by atoms with Crippen molar-refractivity contribution < 1.29 is 19.5 Å². The van der Waals surface area contributed by atoms with Crippen LogP contribution >= 0.6 is 11.6 Å². The summed E-state index contributed by atoms with van der Waals surface area (Å²) in [5.41, 5.74) is 2.90. The van der Waals surface area contributed by atoms with Gasteiger partial charge in [-0.3, -0.25) is 14.8 Å². The molecular weight excluding hydrogens is 430 g/mol. The number of halogens is 1. The minimum Gasteiger partial charge on any atom is -0.490 e. The summed E-state index contributed by atoms with van der Waals surface area (Å²) < 4.78 is 6.02. The molecule has 3 atom stereocenters. The van der Waals surface area contributed by atoms with E-state index in [0.29, 0.717) is 43.1 Å². The van der Waals surface area contributed by atoms with E-state index in [1.54, 1.807) is 29.7 Å². The van der Waals surface area contributed by atoms with E-state index < -0.39 is 17.7 Å². The number of piperazine rings is 1. The molecule has 1 aliphatic heterocycles. The van der Waals surface area contributed by atoms with Crippen molar-refractivity contribution in [2.75, 3.05) is 31.1 Å². The van der Waals surface area contributed by atoms with Crippen molar-refractivity contribution in [2.45, 2.75) is 25.4 Å². The molecule has 8 heteroatoms. The maximum atomic E-state index is 13.3. The van der Waals surface area contributed by atoms with Crippen molar-refractivity contribution in [1.29, 1.82) is 0 Å². The maximum absolute atomic E-state index is 13.3. The highest BCUT2D eigenvalue weighted by molar-refractivity contribution is 6.30. The molecule has 1 saturated heterocycles. The largest absolute Gasteiger partial charge is 0.490 e. The van der Waals surface area contributed by atoms with Gasteiger partial charge in [0.15, 0.2) is 0 Å². The Balaban J connectivity index is 1.38. The third-order valence-corrected chi connectivity index (χ3v) is 6.65. The minimum absolute atomic E-state index is 0.0174. The summed E-state index contributed by atoms with van der Waals surface area (Å²) in [6.45, 7) is 2.73. The number of para-hydroxylation sites is 1. The highest BCUT2D eigenvalue weighted by Gasteiger charge is 2.42. The molecule has 2 aromatic carbocycles. The van der Waals surface area contributed by atoms with Crippen molar-refractivity contribution in [3.8, 4) is 5.75 Å². The molecule has 2 aromatic rings. The summed E-state index contributed by atoms with van der Waals surface area (Å²) in [4.78, 5) is 29.9. The molecule has 1 aliphatic carbocycles. The second kappa shape index (κ2) is 10.2. The lowest BCUT2D eigenvalue weighted by Crippen LogP contribution is -2.53. The van der Waals surface area contributed by atoms with Crippen molar-refractivity contribution in [1.82, 2.24) is 10.4 Å². The molecule has 32 heavy (non-hydrogen) atoms. The predicted octanol–water partition coefficient (Wildman–Crippen LogP) is 3.36. The molecule has 1 heterocycles. The molecule has 0 unspecified atom stereocenters. The Labute approximate surface area is 192 Å². The van der Waals surface area contributed by atoms with Crippen molar-refractivity contribution in [2.24, 2.45) is 11.8 Å². The fraction of sp³-hybridized carbons (Fsp3) is 0.417. The third kappa shape index (κ3) is 5.16. The van der Waals surface area contributed by atoms with E-state index in [-0.39, 0.29) is 12.0 Å². The number of benzene rings is 2.